The average Bonchev–Trinajstić information content (AvgIpc) is 2.99. The number of nitrogens with zero attached hydrogens (tertiary/aromatic N) is 1. The highest BCUT2D eigenvalue weighted by atomic mass is 16.5. The van der Waals surface area contributed by atoms with Crippen molar-refractivity contribution in [1.29, 1.82) is 0 Å². The number of methoxy groups -OCH3 is 6. The summed E-state index contributed by atoms with van der Waals surface area (Å²) in [5, 5.41) is 10.9. The van der Waals surface area contributed by atoms with Gasteiger partial charge in [-0.1, -0.05) is 0 Å². The number of hydrogen-bond donors (Lipinski definition) is 1. The largest absolute Gasteiger partial charge is 0.502 e. The van der Waals surface area contributed by atoms with Gasteiger partial charge in [0, 0.05) is 30.8 Å². The van der Waals surface area contributed by atoms with Gasteiger partial charge in [-0.3, -0.25) is 14.5 Å². The third kappa shape index (κ3) is 6.19. The third-order valence-corrected chi connectivity index (χ3v) is 7.20. The first-order valence-corrected chi connectivity index (χ1v) is 12.9. The normalized spacial score (nSPS) is 13.6. The van der Waals surface area contributed by atoms with Gasteiger partial charge in [-0.25, -0.2) is 0 Å². The van der Waals surface area contributed by atoms with Gasteiger partial charge in [0.25, 0.3) is 0 Å². The molecule has 220 valence electrons. The minimum absolute atomic E-state index is 0.0766. The average molecular weight is 570 g/mol. The van der Waals surface area contributed by atoms with E-state index in [-0.39, 0.29) is 12.2 Å². The Balaban J connectivity index is 1.73. The maximum absolute atomic E-state index is 13.0. The van der Waals surface area contributed by atoms with Crippen LogP contribution in [-0.4, -0.2) is 65.2 Å². The van der Waals surface area contributed by atoms with E-state index in [2.05, 4.69) is 4.90 Å². The van der Waals surface area contributed by atoms with Crippen molar-refractivity contribution in [2.45, 2.75) is 31.8 Å². The first-order valence-electron chi connectivity index (χ1n) is 12.9. The molecule has 1 N–H and O–H groups in total. The molecule has 4 rings (SSSR count). The fraction of sp³-hybridized carbons (Fsp3) is 0.400. The number of aromatic hydroxyl groups is 1. The van der Waals surface area contributed by atoms with E-state index in [0.29, 0.717) is 59.7 Å². The quantitative estimate of drug-likeness (QED) is 0.340. The van der Waals surface area contributed by atoms with Crippen molar-refractivity contribution in [2.75, 3.05) is 49.2 Å². The summed E-state index contributed by atoms with van der Waals surface area (Å²) in [6.07, 6.45) is 0.527. The summed E-state index contributed by atoms with van der Waals surface area (Å²) in [7, 11) is 8.89. The molecule has 0 fully saturated rings. The second-order valence-corrected chi connectivity index (χ2v) is 9.51. The van der Waals surface area contributed by atoms with Gasteiger partial charge >= 0.3 is 5.97 Å². The maximum Gasteiger partial charge on any atom is 0.306 e. The number of rotatable bonds is 11. The first kappa shape index (κ1) is 29.6. The molecular weight excluding hydrogens is 534 g/mol. The molecular formula is C30H35NO10. The van der Waals surface area contributed by atoms with Crippen LogP contribution in [-0.2, 0) is 29.0 Å². The highest BCUT2D eigenvalue weighted by Crippen LogP contribution is 2.43. The third-order valence-electron chi connectivity index (χ3n) is 7.20. The van der Waals surface area contributed by atoms with Crippen LogP contribution in [0.5, 0.6) is 34.5 Å². The van der Waals surface area contributed by atoms with Crippen molar-refractivity contribution in [3.05, 3.63) is 68.8 Å². The van der Waals surface area contributed by atoms with Crippen LogP contribution in [0.3, 0.4) is 0 Å². The standard InChI is InChI=1S/C30H35NO10/c1-35-23-14-27(39-5)26(38-4)12-20(23)21(13-28(33)40-6)30-29(34)22(32)11-19(41-30)16-31-8-7-17-9-24(36-2)25(37-3)10-18(17)15-31/h9-12,14,21,34H,7-8,13,15-16H2,1-6H3/t21-/m1/s1. The van der Waals surface area contributed by atoms with E-state index in [1.165, 1.54) is 34.5 Å². The summed E-state index contributed by atoms with van der Waals surface area (Å²) in [5.74, 6) is 0.603. The Morgan fingerprint density at radius 1 is 0.854 bits per heavy atom. The molecule has 0 bridgehead atoms. The van der Waals surface area contributed by atoms with E-state index in [4.69, 9.17) is 32.8 Å². The van der Waals surface area contributed by atoms with Crippen LogP contribution in [0.15, 0.2) is 39.5 Å². The van der Waals surface area contributed by atoms with Crippen LogP contribution in [0.1, 0.15) is 40.5 Å². The molecule has 2 aromatic carbocycles. The topological polar surface area (TPSA) is 126 Å². The molecule has 3 aromatic rings. The van der Waals surface area contributed by atoms with Crippen molar-refractivity contribution >= 4 is 5.97 Å². The second-order valence-electron chi connectivity index (χ2n) is 9.51. The fourth-order valence-corrected chi connectivity index (χ4v) is 5.09. The highest BCUT2D eigenvalue weighted by Gasteiger charge is 2.31. The Kier molecular flexibility index (Phi) is 9.28. The highest BCUT2D eigenvalue weighted by molar-refractivity contribution is 5.72. The molecule has 0 aliphatic carbocycles. The molecule has 11 nitrogen and oxygen atoms in total. The van der Waals surface area contributed by atoms with E-state index in [1.807, 2.05) is 12.1 Å². The van der Waals surface area contributed by atoms with Crippen LogP contribution < -0.4 is 29.1 Å². The van der Waals surface area contributed by atoms with Gasteiger partial charge < -0.3 is 37.9 Å². The molecule has 0 spiro atoms. The summed E-state index contributed by atoms with van der Waals surface area (Å²) in [5.41, 5.74) is 2.05. The first-order chi connectivity index (χ1) is 19.8. The number of carbonyl (C=O) groups excluding carboxylic acids is 1. The lowest BCUT2D eigenvalue weighted by Crippen LogP contribution is -2.30. The van der Waals surface area contributed by atoms with Gasteiger partial charge in [-0.15, -0.1) is 0 Å². The van der Waals surface area contributed by atoms with Crippen LogP contribution in [0.2, 0.25) is 0 Å². The molecule has 2 heterocycles. The lowest BCUT2D eigenvalue weighted by atomic mass is 9.91. The van der Waals surface area contributed by atoms with E-state index in [1.54, 1.807) is 26.4 Å². The van der Waals surface area contributed by atoms with Crippen LogP contribution >= 0.6 is 0 Å². The SMILES string of the molecule is COC(=O)C[C@H](c1cc(OC)c(OC)cc1OC)c1oc(CN2CCc3cc(OC)c(OC)cc3C2)cc(=O)c1O. The van der Waals surface area contributed by atoms with Gasteiger partial charge in [0.2, 0.25) is 11.2 Å². The van der Waals surface area contributed by atoms with Crippen molar-refractivity contribution in [3.63, 3.8) is 0 Å². The van der Waals surface area contributed by atoms with Gasteiger partial charge in [0.05, 0.1) is 61.5 Å². The van der Waals surface area contributed by atoms with Gasteiger partial charge in [0.15, 0.2) is 28.8 Å². The van der Waals surface area contributed by atoms with Crippen molar-refractivity contribution in [2.24, 2.45) is 0 Å². The molecule has 0 unspecified atom stereocenters. The zero-order valence-electron chi connectivity index (χ0n) is 24.1. The Bertz CT molecular complexity index is 1460. The Morgan fingerprint density at radius 3 is 2.05 bits per heavy atom. The fourth-order valence-electron chi connectivity index (χ4n) is 5.09. The molecule has 41 heavy (non-hydrogen) atoms. The molecule has 0 saturated carbocycles. The molecule has 1 aliphatic heterocycles. The van der Waals surface area contributed by atoms with E-state index in [0.717, 1.165) is 17.5 Å². The molecule has 1 aromatic heterocycles. The molecule has 0 saturated heterocycles. The molecule has 0 amide bonds. The number of esters is 1. The summed E-state index contributed by atoms with van der Waals surface area (Å²) in [6.45, 7) is 1.59. The summed E-state index contributed by atoms with van der Waals surface area (Å²) in [6, 6.07) is 8.43. The van der Waals surface area contributed by atoms with Crippen molar-refractivity contribution in [3.8, 4) is 34.5 Å². The second kappa shape index (κ2) is 12.9. The lowest BCUT2D eigenvalue weighted by Gasteiger charge is -2.29. The Labute approximate surface area is 238 Å². The number of fused-ring (bicyclic) bond motifs is 1. The summed E-state index contributed by atoms with van der Waals surface area (Å²) >= 11 is 0. The minimum atomic E-state index is -0.927. The van der Waals surface area contributed by atoms with Crippen molar-refractivity contribution in [1.82, 2.24) is 4.90 Å². The summed E-state index contributed by atoms with van der Waals surface area (Å²) in [4.78, 5) is 27.6. The molecule has 1 aliphatic rings. The predicted octanol–water partition coefficient (Wildman–Crippen LogP) is 3.64. The zero-order valence-corrected chi connectivity index (χ0v) is 24.1. The molecule has 1 atom stereocenters. The van der Waals surface area contributed by atoms with Crippen LogP contribution in [0.25, 0.3) is 0 Å². The van der Waals surface area contributed by atoms with E-state index < -0.39 is 23.1 Å². The Hall–Kier alpha value is -4.38. The minimum Gasteiger partial charge on any atom is -0.502 e. The lowest BCUT2D eigenvalue weighted by molar-refractivity contribution is -0.140. The van der Waals surface area contributed by atoms with Gasteiger partial charge in [0.1, 0.15) is 11.5 Å². The van der Waals surface area contributed by atoms with Crippen LogP contribution in [0.4, 0.5) is 0 Å². The molecule has 11 heteroatoms. The van der Waals surface area contributed by atoms with Gasteiger partial charge in [-0.2, -0.15) is 0 Å². The Morgan fingerprint density at radius 2 is 1.44 bits per heavy atom. The number of ether oxygens (including phenoxy) is 6. The van der Waals surface area contributed by atoms with Gasteiger partial charge in [-0.05, 0) is 35.7 Å². The predicted molar refractivity (Wildman–Crippen MR) is 149 cm³/mol. The van der Waals surface area contributed by atoms with E-state index >= 15 is 0 Å². The smallest absolute Gasteiger partial charge is 0.306 e. The number of carbonyl (C=O) groups is 1. The van der Waals surface area contributed by atoms with Crippen molar-refractivity contribution < 1.29 is 42.7 Å². The molecule has 0 radical (unpaired) electrons. The monoisotopic (exact) mass is 569 g/mol. The number of benzene rings is 2. The maximum atomic E-state index is 13.0. The zero-order chi connectivity index (χ0) is 29.7. The summed E-state index contributed by atoms with van der Waals surface area (Å²) < 4.78 is 38.4. The van der Waals surface area contributed by atoms with Crippen LogP contribution in [0, 0.1) is 0 Å². The van der Waals surface area contributed by atoms with E-state index in [9.17, 15) is 14.7 Å². The number of hydrogen-bond acceptors (Lipinski definition) is 11.